The molecule has 1 aliphatic rings. The maximum absolute atomic E-state index is 12.0. The molecule has 2 atom stereocenters. The number of carboxylic acids is 1. The van der Waals surface area contributed by atoms with Gasteiger partial charge in [-0.25, -0.2) is 0 Å². The number of hydrogen-bond acceptors (Lipinski definition) is 3. The van der Waals surface area contributed by atoms with Gasteiger partial charge in [-0.3, -0.25) is 9.59 Å². The van der Waals surface area contributed by atoms with Gasteiger partial charge in [0, 0.05) is 0 Å². The number of unbranched alkanes of at least 4 members (excludes halogenated alkanes) is 4. The lowest BCUT2D eigenvalue weighted by Gasteiger charge is -2.26. The molecular weight excluding hydrogens is 280 g/mol. The van der Waals surface area contributed by atoms with Crippen molar-refractivity contribution in [3.63, 3.8) is 0 Å². The van der Waals surface area contributed by atoms with E-state index in [1.165, 1.54) is 6.42 Å². The Balaban J connectivity index is 2.12. The molecule has 4 heteroatoms. The van der Waals surface area contributed by atoms with Crippen LogP contribution in [0.15, 0.2) is 12.2 Å². The highest BCUT2D eigenvalue weighted by atomic mass is 16.5. The Morgan fingerprint density at radius 3 is 2.41 bits per heavy atom. The van der Waals surface area contributed by atoms with E-state index in [1.807, 2.05) is 0 Å². The number of aliphatic carboxylic acids is 1. The molecule has 0 heterocycles. The van der Waals surface area contributed by atoms with Gasteiger partial charge in [-0.2, -0.15) is 0 Å². The fourth-order valence-electron chi connectivity index (χ4n) is 2.99. The fourth-order valence-corrected chi connectivity index (χ4v) is 2.99. The average molecular weight is 310 g/mol. The Hall–Kier alpha value is -1.32. The highest BCUT2D eigenvalue weighted by molar-refractivity contribution is 5.81. The van der Waals surface area contributed by atoms with E-state index < -0.39 is 17.8 Å². The molecule has 2 unspecified atom stereocenters. The first-order valence-electron chi connectivity index (χ1n) is 8.71. The molecule has 1 fully saturated rings. The van der Waals surface area contributed by atoms with Crippen LogP contribution in [-0.4, -0.2) is 23.7 Å². The van der Waals surface area contributed by atoms with Crippen LogP contribution in [0.1, 0.15) is 71.1 Å². The number of carboxylic acid groups (broad SMARTS) is 1. The smallest absolute Gasteiger partial charge is 0.309 e. The zero-order valence-electron chi connectivity index (χ0n) is 13.8. The first-order chi connectivity index (χ1) is 10.7. The third-order valence-electron chi connectivity index (χ3n) is 4.30. The maximum atomic E-state index is 12.0. The van der Waals surface area contributed by atoms with Crippen molar-refractivity contribution in [2.24, 2.45) is 11.8 Å². The minimum atomic E-state index is -0.859. The van der Waals surface area contributed by atoms with E-state index in [1.54, 1.807) is 0 Å². The van der Waals surface area contributed by atoms with Crippen LogP contribution in [0.4, 0.5) is 0 Å². The Bertz CT molecular complexity index is 362. The molecule has 22 heavy (non-hydrogen) atoms. The predicted octanol–water partition coefficient (Wildman–Crippen LogP) is 4.34. The van der Waals surface area contributed by atoms with E-state index in [0.29, 0.717) is 19.4 Å². The summed E-state index contributed by atoms with van der Waals surface area (Å²) < 4.78 is 5.29. The van der Waals surface area contributed by atoms with Crippen LogP contribution >= 0.6 is 0 Å². The quantitative estimate of drug-likeness (QED) is 0.370. The van der Waals surface area contributed by atoms with Gasteiger partial charge in [-0.05, 0) is 38.5 Å². The minimum absolute atomic E-state index is 0.307. The predicted molar refractivity (Wildman–Crippen MR) is 86.6 cm³/mol. The molecule has 0 aromatic heterocycles. The van der Waals surface area contributed by atoms with E-state index >= 15 is 0 Å². The summed E-state index contributed by atoms with van der Waals surface area (Å²) in [6.07, 6.45) is 13.9. The van der Waals surface area contributed by atoms with Crippen molar-refractivity contribution in [1.29, 1.82) is 0 Å². The third-order valence-corrected chi connectivity index (χ3v) is 4.30. The highest BCUT2D eigenvalue weighted by Crippen LogP contribution is 2.31. The lowest BCUT2D eigenvalue weighted by Crippen LogP contribution is -2.33. The summed E-state index contributed by atoms with van der Waals surface area (Å²) in [4.78, 5) is 23.2. The van der Waals surface area contributed by atoms with Gasteiger partial charge in [0.2, 0.25) is 0 Å². The van der Waals surface area contributed by atoms with Gasteiger partial charge in [-0.1, -0.05) is 44.8 Å². The zero-order chi connectivity index (χ0) is 16.2. The van der Waals surface area contributed by atoms with Crippen LogP contribution in [-0.2, 0) is 14.3 Å². The first kappa shape index (κ1) is 18.7. The monoisotopic (exact) mass is 310 g/mol. The molecule has 1 N–H and O–H groups in total. The highest BCUT2D eigenvalue weighted by Gasteiger charge is 2.36. The van der Waals surface area contributed by atoms with Crippen molar-refractivity contribution in [3.8, 4) is 0 Å². The number of rotatable bonds is 10. The number of allylic oxidation sites excluding steroid dienone is 2. The van der Waals surface area contributed by atoms with E-state index in [-0.39, 0.29) is 5.97 Å². The number of carbonyl (C=O) groups is 2. The number of esters is 1. The van der Waals surface area contributed by atoms with Crippen LogP contribution in [0, 0.1) is 11.8 Å². The second-order valence-corrected chi connectivity index (χ2v) is 6.09. The molecule has 0 amide bonds. The van der Waals surface area contributed by atoms with Crippen LogP contribution in [0.25, 0.3) is 0 Å². The van der Waals surface area contributed by atoms with E-state index in [9.17, 15) is 14.7 Å². The molecule has 0 aromatic rings. The van der Waals surface area contributed by atoms with Crippen LogP contribution < -0.4 is 0 Å². The standard InChI is InChI=1S/C18H30O4/c1-2-3-4-5-6-7-8-11-14-22-18(21)16-13-10-9-12-15(16)17(19)20/h3-4,15-16H,2,5-14H2,1H3,(H,19,20)/b4-3+. The lowest BCUT2D eigenvalue weighted by molar-refractivity contribution is -0.159. The van der Waals surface area contributed by atoms with Gasteiger partial charge in [0.25, 0.3) is 0 Å². The van der Waals surface area contributed by atoms with Gasteiger partial charge in [0.1, 0.15) is 0 Å². The van der Waals surface area contributed by atoms with Gasteiger partial charge in [0.15, 0.2) is 0 Å². The van der Waals surface area contributed by atoms with Crippen molar-refractivity contribution < 1.29 is 19.4 Å². The van der Waals surface area contributed by atoms with Crippen LogP contribution in [0.2, 0.25) is 0 Å². The molecule has 0 saturated heterocycles. The summed E-state index contributed by atoms with van der Waals surface area (Å²) in [5.74, 6) is -2.16. The maximum Gasteiger partial charge on any atom is 0.309 e. The molecule has 4 nitrogen and oxygen atoms in total. The normalized spacial score (nSPS) is 21.9. The van der Waals surface area contributed by atoms with Gasteiger partial charge in [-0.15, -0.1) is 0 Å². The van der Waals surface area contributed by atoms with Gasteiger partial charge >= 0.3 is 11.9 Å². The zero-order valence-corrected chi connectivity index (χ0v) is 13.8. The molecule has 1 aliphatic carbocycles. The molecule has 1 rings (SSSR count). The molecule has 126 valence electrons. The Labute approximate surface area is 133 Å². The molecule has 0 aromatic carbocycles. The molecule has 0 spiro atoms. The molecular formula is C18H30O4. The summed E-state index contributed by atoms with van der Waals surface area (Å²) in [6.45, 7) is 2.55. The molecule has 0 radical (unpaired) electrons. The summed E-state index contributed by atoms with van der Waals surface area (Å²) in [6, 6.07) is 0. The van der Waals surface area contributed by atoms with Crippen molar-refractivity contribution >= 4 is 11.9 Å². The first-order valence-corrected chi connectivity index (χ1v) is 8.71. The van der Waals surface area contributed by atoms with E-state index in [0.717, 1.165) is 44.9 Å². The van der Waals surface area contributed by atoms with Crippen LogP contribution in [0.5, 0.6) is 0 Å². The number of carbonyl (C=O) groups excluding carboxylic acids is 1. The number of ether oxygens (including phenoxy) is 1. The van der Waals surface area contributed by atoms with Crippen molar-refractivity contribution in [2.75, 3.05) is 6.61 Å². The lowest BCUT2D eigenvalue weighted by atomic mass is 9.79. The molecule has 1 saturated carbocycles. The summed E-state index contributed by atoms with van der Waals surface area (Å²) in [7, 11) is 0. The van der Waals surface area contributed by atoms with Crippen LogP contribution in [0.3, 0.4) is 0 Å². The SMILES string of the molecule is CC/C=C/CCCCCCOC(=O)C1CCCCC1C(=O)O. The largest absolute Gasteiger partial charge is 0.481 e. The minimum Gasteiger partial charge on any atom is -0.481 e. The van der Waals surface area contributed by atoms with E-state index in [4.69, 9.17) is 4.74 Å². The van der Waals surface area contributed by atoms with Gasteiger partial charge in [0.05, 0.1) is 18.4 Å². The summed E-state index contributed by atoms with van der Waals surface area (Å²) in [5, 5.41) is 9.17. The molecule has 0 aliphatic heterocycles. The van der Waals surface area contributed by atoms with Crippen molar-refractivity contribution in [1.82, 2.24) is 0 Å². The fraction of sp³-hybridized carbons (Fsp3) is 0.778. The van der Waals surface area contributed by atoms with Gasteiger partial charge < -0.3 is 9.84 Å². The van der Waals surface area contributed by atoms with Crippen molar-refractivity contribution in [3.05, 3.63) is 12.2 Å². The Kier molecular flexibility index (Phi) is 9.60. The average Bonchev–Trinajstić information content (AvgIpc) is 2.53. The second kappa shape index (κ2) is 11.3. The third kappa shape index (κ3) is 7.10. The summed E-state index contributed by atoms with van der Waals surface area (Å²) in [5.41, 5.74) is 0. The molecule has 0 bridgehead atoms. The van der Waals surface area contributed by atoms with Crippen molar-refractivity contribution in [2.45, 2.75) is 71.1 Å². The second-order valence-electron chi connectivity index (χ2n) is 6.09. The Morgan fingerprint density at radius 2 is 1.73 bits per heavy atom. The summed E-state index contributed by atoms with van der Waals surface area (Å²) >= 11 is 0. The Morgan fingerprint density at radius 1 is 1.05 bits per heavy atom. The number of hydrogen-bond donors (Lipinski definition) is 1. The van der Waals surface area contributed by atoms with E-state index in [2.05, 4.69) is 19.1 Å². The topological polar surface area (TPSA) is 63.6 Å².